The third-order valence-corrected chi connectivity index (χ3v) is 8.13. The number of rotatable bonds is 3. The standard InChI is InChI=1S/C28H33NO10/c30-19-20(31)25(36-18-13-34-27(38-23(18)19)14-7-3-1-4-8-14)26-29-11-16-22(37-26)21(32)24-17(35-16)12-33-28(39-24)15-9-5-2-6-10-15/h1-10,16-32H,11-13H2/t16-,17+,18+,19+,20+,21+,22-,23+,24+,25+,26-,27?,28+/m0/s1. The second-order valence-electron chi connectivity index (χ2n) is 10.6. The summed E-state index contributed by atoms with van der Waals surface area (Å²) in [6, 6.07) is 18.9. The van der Waals surface area contributed by atoms with Gasteiger partial charge in [-0.05, 0) is 0 Å². The van der Waals surface area contributed by atoms with E-state index in [2.05, 4.69) is 5.32 Å². The smallest absolute Gasteiger partial charge is 0.184 e. The number of fused-ring (bicyclic) bond motifs is 3. The molecule has 5 fully saturated rings. The molecule has 2 aromatic carbocycles. The second-order valence-corrected chi connectivity index (χ2v) is 10.6. The largest absolute Gasteiger partial charge is 0.387 e. The molecule has 1 unspecified atom stereocenters. The normalized spacial score (nSPS) is 46.0. The summed E-state index contributed by atoms with van der Waals surface area (Å²) in [5.41, 5.74) is 1.67. The fourth-order valence-corrected chi connectivity index (χ4v) is 6.10. The number of hydrogen-bond acceptors (Lipinski definition) is 11. The zero-order chi connectivity index (χ0) is 26.5. The molecule has 2 aromatic rings. The fraction of sp³-hybridized carbons (Fsp3) is 0.571. The van der Waals surface area contributed by atoms with Gasteiger partial charge in [0.2, 0.25) is 0 Å². The molecule has 5 saturated heterocycles. The molecule has 13 atom stereocenters. The lowest BCUT2D eigenvalue weighted by Crippen LogP contribution is -2.72. The molecule has 0 aromatic heterocycles. The Labute approximate surface area is 225 Å². The van der Waals surface area contributed by atoms with E-state index in [9.17, 15) is 15.3 Å². The Kier molecular flexibility index (Phi) is 7.16. The van der Waals surface area contributed by atoms with Crippen molar-refractivity contribution < 1.29 is 48.5 Å². The van der Waals surface area contributed by atoms with Crippen molar-refractivity contribution in [2.45, 2.75) is 79.8 Å². The minimum absolute atomic E-state index is 0.174. The number of nitrogens with one attached hydrogen (secondary N) is 1. The average molecular weight is 544 g/mol. The van der Waals surface area contributed by atoms with E-state index < -0.39 is 79.8 Å². The van der Waals surface area contributed by atoms with Crippen LogP contribution in [-0.4, -0.2) is 102 Å². The molecule has 5 heterocycles. The summed E-state index contributed by atoms with van der Waals surface area (Å²) in [6.45, 7) is 0.794. The Morgan fingerprint density at radius 1 is 0.538 bits per heavy atom. The zero-order valence-corrected chi connectivity index (χ0v) is 21.1. The van der Waals surface area contributed by atoms with E-state index in [0.717, 1.165) is 11.1 Å². The molecule has 7 rings (SSSR count). The first-order chi connectivity index (χ1) is 19.1. The topological polar surface area (TPSA) is 137 Å². The third kappa shape index (κ3) is 4.81. The highest BCUT2D eigenvalue weighted by Crippen LogP contribution is 2.39. The van der Waals surface area contributed by atoms with E-state index in [-0.39, 0.29) is 13.2 Å². The number of benzene rings is 2. The molecular weight excluding hydrogens is 510 g/mol. The molecule has 4 N–H and O–H groups in total. The summed E-state index contributed by atoms with van der Waals surface area (Å²) in [5, 5.41) is 36.6. The van der Waals surface area contributed by atoms with Crippen molar-refractivity contribution in [3.05, 3.63) is 71.8 Å². The first kappa shape index (κ1) is 25.9. The molecule has 0 spiro atoms. The van der Waals surface area contributed by atoms with Gasteiger partial charge in [0.25, 0.3) is 0 Å². The number of hydrogen-bond donors (Lipinski definition) is 4. The molecule has 5 aliphatic rings. The summed E-state index contributed by atoms with van der Waals surface area (Å²) in [7, 11) is 0. The maximum Gasteiger partial charge on any atom is 0.184 e. The number of ether oxygens (including phenoxy) is 7. The molecule has 0 bridgehead atoms. The van der Waals surface area contributed by atoms with Crippen molar-refractivity contribution in [3.63, 3.8) is 0 Å². The lowest BCUT2D eigenvalue weighted by atomic mass is 9.90. The van der Waals surface area contributed by atoms with Crippen molar-refractivity contribution in [2.75, 3.05) is 19.8 Å². The molecule has 0 amide bonds. The minimum Gasteiger partial charge on any atom is -0.387 e. The minimum atomic E-state index is -1.30. The van der Waals surface area contributed by atoms with Gasteiger partial charge in [-0.2, -0.15) is 0 Å². The summed E-state index contributed by atoms with van der Waals surface area (Å²) in [6.07, 6.45) is -10.3. The quantitative estimate of drug-likeness (QED) is 0.421. The molecule has 0 radical (unpaired) electrons. The lowest BCUT2D eigenvalue weighted by molar-refractivity contribution is -0.363. The van der Waals surface area contributed by atoms with Crippen LogP contribution in [0.3, 0.4) is 0 Å². The zero-order valence-electron chi connectivity index (χ0n) is 21.1. The molecule has 0 aliphatic carbocycles. The second kappa shape index (κ2) is 10.8. The van der Waals surface area contributed by atoms with E-state index in [4.69, 9.17) is 33.2 Å². The lowest BCUT2D eigenvalue weighted by Gasteiger charge is -2.53. The van der Waals surface area contributed by atoms with Gasteiger partial charge in [0, 0.05) is 17.7 Å². The predicted molar refractivity (Wildman–Crippen MR) is 132 cm³/mol. The van der Waals surface area contributed by atoms with Crippen LogP contribution in [0.25, 0.3) is 0 Å². The molecule has 0 saturated carbocycles. The van der Waals surface area contributed by atoms with Gasteiger partial charge in [-0.25, -0.2) is 0 Å². The van der Waals surface area contributed by atoms with Crippen LogP contribution < -0.4 is 5.32 Å². The molecule has 39 heavy (non-hydrogen) atoms. The Hall–Kier alpha value is -2.00. The molecule has 5 aliphatic heterocycles. The highest BCUT2D eigenvalue weighted by atomic mass is 16.7. The summed E-state index contributed by atoms with van der Waals surface area (Å²) in [5.74, 6) is 0. The van der Waals surface area contributed by atoms with Gasteiger partial charge in [0.15, 0.2) is 12.6 Å². The number of aliphatic hydroxyl groups is 3. The van der Waals surface area contributed by atoms with Gasteiger partial charge in [-0.1, -0.05) is 60.7 Å². The van der Waals surface area contributed by atoms with Crippen LogP contribution in [-0.2, 0) is 33.2 Å². The highest BCUT2D eigenvalue weighted by Gasteiger charge is 2.56. The first-order valence-electron chi connectivity index (χ1n) is 13.4. The third-order valence-electron chi connectivity index (χ3n) is 8.13. The van der Waals surface area contributed by atoms with Crippen LogP contribution in [0.5, 0.6) is 0 Å². The fourth-order valence-electron chi connectivity index (χ4n) is 6.10. The molecule has 210 valence electrons. The van der Waals surface area contributed by atoms with Crippen LogP contribution in [0.1, 0.15) is 23.7 Å². The first-order valence-corrected chi connectivity index (χ1v) is 13.4. The van der Waals surface area contributed by atoms with Crippen LogP contribution in [0.15, 0.2) is 60.7 Å². The van der Waals surface area contributed by atoms with Crippen molar-refractivity contribution in [3.8, 4) is 0 Å². The van der Waals surface area contributed by atoms with Crippen LogP contribution in [0, 0.1) is 0 Å². The SMILES string of the molecule is O[C@@H]1[C@@H](O)[C@@H]2OC(c3ccccc3)OC[C@H]2O[C@H]1[C@H]1NC[C@@H]2O[C@@H]3CO[C@@H](c4ccccc4)O[C@H]3[C@H](O)[C@H]2O1. The maximum atomic E-state index is 11.3. The van der Waals surface area contributed by atoms with Crippen LogP contribution in [0.4, 0.5) is 0 Å². The van der Waals surface area contributed by atoms with Gasteiger partial charge in [-0.3, -0.25) is 5.32 Å². The van der Waals surface area contributed by atoms with Gasteiger partial charge in [-0.15, -0.1) is 0 Å². The monoisotopic (exact) mass is 543 g/mol. The predicted octanol–water partition coefficient (Wildman–Crippen LogP) is 0.147. The van der Waals surface area contributed by atoms with Gasteiger partial charge in [0.1, 0.15) is 61.2 Å². The van der Waals surface area contributed by atoms with E-state index in [0.29, 0.717) is 6.54 Å². The summed E-state index contributed by atoms with van der Waals surface area (Å²) >= 11 is 0. The number of aliphatic hydroxyl groups excluding tert-OH is 3. The maximum absolute atomic E-state index is 11.3. The highest BCUT2D eigenvalue weighted by molar-refractivity contribution is 5.18. The van der Waals surface area contributed by atoms with E-state index in [1.165, 1.54) is 0 Å². The van der Waals surface area contributed by atoms with E-state index in [1.807, 2.05) is 60.7 Å². The van der Waals surface area contributed by atoms with Crippen LogP contribution >= 0.6 is 0 Å². The van der Waals surface area contributed by atoms with Crippen LogP contribution in [0.2, 0.25) is 0 Å². The van der Waals surface area contributed by atoms with E-state index >= 15 is 0 Å². The Bertz CT molecular complexity index is 1110. The van der Waals surface area contributed by atoms with Gasteiger partial charge in [0.05, 0.1) is 19.3 Å². The molecular formula is C28H33NO10. The van der Waals surface area contributed by atoms with Crippen molar-refractivity contribution in [1.29, 1.82) is 0 Å². The Balaban J connectivity index is 1.02. The van der Waals surface area contributed by atoms with Crippen molar-refractivity contribution in [1.82, 2.24) is 5.32 Å². The molecule has 11 nitrogen and oxygen atoms in total. The molecule has 11 heteroatoms. The Morgan fingerprint density at radius 3 is 1.67 bits per heavy atom. The van der Waals surface area contributed by atoms with E-state index in [1.54, 1.807) is 0 Å². The van der Waals surface area contributed by atoms with Gasteiger partial charge >= 0.3 is 0 Å². The van der Waals surface area contributed by atoms with Crippen molar-refractivity contribution in [2.24, 2.45) is 0 Å². The summed E-state index contributed by atoms with van der Waals surface area (Å²) in [4.78, 5) is 0. The van der Waals surface area contributed by atoms with Gasteiger partial charge < -0.3 is 48.5 Å². The average Bonchev–Trinajstić information content (AvgIpc) is 2.99. The summed E-state index contributed by atoms with van der Waals surface area (Å²) < 4.78 is 42.4. The Morgan fingerprint density at radius 2 is 1.05 bits per heavy atom. The van der Waals surface area contributed by atoms with Crippen molar-refractivity contribution >= 4 is 0 Å².